The number of halogens is 1. The van der Waals surface area contributed by atoms with Gasteiger partial charge < -0.3 is 9.30 Å². The number of fused-ring (bicyclic) bond motifs is 1. The van der Waals surface area contributed by atoms with E-state index in [1.165, 1.54) is 29.8 Å². The summed E-state index contributed by atoms with van der Waals surface area (Å²) in [6.45, 7) is 0.0171. The molecule has 0 atom stereocenters. The number of carbonyl (C=O) groups is 2. The van der Waals surface area contributed by atoms with Crippen LogP contribution in [0.2, 0.25) is 0 Å². The molecule has 0 bridgehead atoms. The van der Waals surface area contributed by atoms with Crippen molar-refractivity contribution in [1.29, 1.82) is 0 Å². The number of thiophene rings is 1. The Labute approximate surface area is 154 Å². The lowest BCUT2D eigenvalue weighted by Crippen LogP contribution is -2.22. The second kappa shape index (κ2) is 7.42. The van der Waals surface area contributed by atoms with E-state index in [-0.39, 0.29) is 24.8 Å². The Morgan fingerprint density at radius 1 is 1.33 bits per heavy atom. The minimum absolute atomic E-state index is 0.0171. The quantitative estimate of drug-likeness (QED) is 0.603. The van der Waals surface area contributed by atoms with Crippen molar-refractivity contribution in [1.82, 2.24) is 4.57 Å². The first-order valence-corrected chi connectivity index (χ1v) is 9.51. The third kappa shape index (κ3) is 3.82. The number of hydrogen-bond acceptors (Lipinski definition) is 5. The van der Waals surface area contributed by atoms with E-state index in [0.717, 1.165) is 19.6 Å². The Morgan fingerprint density at radius 2 is 2.17 bits per heavy atom. The molecular weight excluding hydrogens is 412 g/mol. The van der Waals surface area contributed by atoms with Crippen molar-refractivity contribution in [3.63, 3.8) is 0 Å². The highest BCUT2D eigenvalue weighted by Gasteiger charge is 2.12. The van der Waals surface area contributed by atoms with Crippen LogP contribution in [0.1, 0.15) is 4.88 Å². The van der Waals surface area contributed by atoms with Crippen LogP contribution in [0.25, 0.3) is 10.2 Å². The Hall–Kier alpha value is -1.77. The van der Waals surface area contributed by atoms with Gasteiger partial charge in [0.15, 0.2) is 4.80 Å². The maximum Gasteiger partial charge on any atom is 0.325 e. The monoisotopic (exact) mass is 424 g/mol. The van der Waals surface area contributed by atoms with Gasteiger partial charge in [0.25, 0.3) is 5.91 Å². The summed E-state index contributed by atoms with van der Waals surface area (Å²) in [6.07, 6.45) is 0.258. The van der Waals surface area contributed by atoms with Gasteiger partial charge in [-0.3, -0.25) is 9.59 Å². The Morgan fingerprint density at radius 3 is 2.88 bits per heavy atom. The third-order valence-corrected chi connectivity index (χ3v) is 5.70. The van der Waals surface area contributed by atoms with Crippen LogP contribution in [0.4, 0.5) is 0 Å². The van der Waals surface area contributed by atoms with Crippen molar-refractivity contribution >= 4 is 60.7 Å². The maximum absolute atomic E-state index is 12.2. The van der Waals surface area contributed by atoms with Crippen molar-refractivity contribution in [3.05, 3.63) is 49.9 Å². The summed E-state index contributed by atoms with van der Waals surface area (Å²) < 4.78 is 8.33. The SMILES string of the molecule is COC(=O)Cn1c(=NC(=O)Cc2cccs2)sc2cc(Br)ccc21. The number of methoxy groups -OCH3 is 1. The largest absolute Gasteiger partial charge is 0.468 e. The molecule has 0 N–H and O–H groups in total. The van der Waals surface area contributed by atoms with Gasteiger partial charge in [-0.1, -0.05) is 33.3 Å². The highest BCUT2D eigenvalue weighted by molar-refractivity contribution is 9.10. The third-order valence-electron chi connectivity index (χ3n) is 3.29. The second-order valence-electron chi connectivity index (χ2n) is 4.92. The number of thiazole rings is 1. The molecule has 0 spiro atoms. The lowest BCUT2D eigenvalue weighted by molar-refractivity contribution is -0.141. The number of esters is 1. The van der Waals surface area contributed by atoms with Crippen LogP contribution in [0.3, 0.4) is 0 Å². The molecule has 0 aliphatic rings. The van der Waals surface area contributed by atoms with E-state index in [1.807, 2.05) is 35.7 Å². The zero-order valence-electron chi connectivity index (χ0n) is 12.7. The first-order valence-electron chi connectivity index (χ1n) is 7.02. The van der Waals surface area contributed by atoms with Crippen molar-refractivity contribution in [2.24, 2.45) is 4.99 Å². The standard InChI is InChI=1S/C16H13BrN2O3S2/c1-22-15(21)9-19-12-5-4-10(17)7-13(12)24-16(19)18-14(20)8-11-3-2-6-23-11/h2-7H,8-9H2,1H3. The average molecular weight is 425 g/mol. The van der Waals surface area contributed by atoms with Crippen LogP contribution >= 0.6 is 38.6 Å². The molecule has 0 unspecified atom stereocenters. The molecule has 0 saturated carbocycles. The zero-order valence-corrected chi connectivity index (χ0v) is 15.9. The van der Waals surface area contributed by atoms with Crippen molar-refractivity contribution in [3.8, 4) is 0 Å². The van der Waals surface area contributed by atoms with E-state index in [2.05, 4.69) is 20.9 Å². The molecule has 0 aliphatic heterocycles. The fourth-order valence-corrected chi connectivity index (χ4v) is 4.48. The topological polar surface area (TPSA) is 60.7 Å². The van der Waals surface area contributed by atoms with Crippen molar-refractivity contribution < 1.29 is 14.3 Å². The van der Waals surface area contributed by atoms with Gasteiger partial charge in [0.1, 0.15) is 6.54 Å². The fraction of sp³-hybridized carbons (Fsp3) is 0.188. The average Bonchev–Trinajstić information content (AvgIpc) is 3.15. The predicted octanol–water partition coefficient (Wildman–Crippen LogP) is 3.37. The zero-order chi connectivity index (χ0) is 17.1. The second-order valence-corrected chi connectivity index (χ2v) is 7.88. The van der Waals surface area contributed by atoms with Crippen LogP contribution in [-0.2, 0) is 27.3 Å². The molecule has 3 aromatic rings. The van der Waals surface area contributed by atoms with E-state index < -0.39 is 0 Å². The normalized spacial score (nSPS) is 11.8. The predicted molar refractivity (Wildman–Crippen MR) is 98.1 cm³/mol. The van der Waals surface area contributed by atoms with E-state index in [4.69, 9.17) is 4.74 Å². The van der Waals surface area contributed by atoms with Crippen molar-refractivity contribution in [2.75, 3.05) is 7.11 Å². The smallest absolute Gasteiger partial charge is 0.325 e. The maximum atomic E-state index is 12.2. The molecule has 8 heteroatoms. The molecular formula is C16H13BrN2O3S2. The number of benzene rings is 1. The van der Waals surface area contributed by atoms with Gasteiger partial charge >= 0.3 is 5.97 Å². The van der Waals surface area contributed by atoms with Crippen LogP contribution in [0.5, 0.6) is 0 Å². The Bertz CT molecular complexity index is 958. The van der Waals surface area contributed by atoms with Crippen molar-refractivity contribution in [2.45, 2.75) is 13.0 Å². The molecule has 1 aromatic carbocycles. The Balaban J connectivity index is 2.04. The van der Waals surface area contributed by atoms with Gasteiger partial charge in [0.2, 0.25) is 0 Å². The minimum Gasteiger partial charge on any atom is -0.468 e. The lowest BCUT2D eigenvalue weighted by Gasteiger charge is -2.03. The number of ether oxygens (including phenoxy) is 1. The number of rotatable bonds is 4. The molecule has 0 radical (unpaired) electrons. The van der Waals surface area contributed by atoms with Gasteiger partial charge in [0.05, 0.1) is 23.7 Å². The van der Waals surface area contributed by atoms with Crippen LogP contribution in [0, 0.1) is 0 Å². The van der Waals surface area contributed by atoms with Crippen LogP contribution in [0.15, 0.2) is 45.2 Å². The summed E-state index contributed by atoms with van der Waals surface area (Å²) in [5, 5.41) is 1.93. The van der Waals surface area contributed by atoms with E-state index in [9.17, 15) is 9.59 Å². The summed E-state index contributed by atoms with van der Waals surface area (Å²) >= 11 is 6.33. The van der Waals surface area contributed by atoms with Gasteiger partial charge in [0, 0.05) is 9.35 Å². The van der Waals surface area contributed by atoms with E-state index in [1.54, 1.807) is 4.57 Å². The number of carbonyl (C=O) groups excluding carboxylic acids is 2. The summed E-state index contributed by atoms with van der Waals surface area (Å²) in [5.74, 6) is -0.619. The molecule has 24 heavy (non-hydrogen) atoms. The van der Waals surface area contributed by atoms with Gasteiger partial charge in [-0.25, -0.2) is 0 Å². The molecule has 3 rings (SSSR count). The molecule has 1 amide bonds. The highest BCUT2D eigenvalue weighted by Crippen LogP contribution is 2.22. The summed E-state index contributed by atoms with van der Waals surface area (Å²) in [5.41, 5.74) is 0.844. The molecule has 2 heterocycles. The first-order chi connectivity index (χ1) is 11.6. The van der Waals surface area contributed by atoms with Gasteiger partial charge in [-0.2, -0.15) is 4.99 Å². The first kappa shape index (κ1) is 17.1. The molecule has 0 aliphatic carbocycles. The van der Waals surface area contributed by atoms with Crippen LogP contribution < -0.4 is 4.80 Å². The minimum atomic E-state index is -0.384. The molecule has 124 valence electrons. The Kier molecular flexibility index (Phi) is 5.27. The van der Waals surface area contributed by atoms with E-state index in [0.29, 0.717) is 4.80 Å². The summed E-state index contributed by atoms with van der Waals surface area (Å²) in [6, 6.07) is 9.53. The number of nitrogens with zero attached hydrogens (tertiary/aromatic N) is 2. The number of aromatic nitrogens is 1. The number of hydrogen-bond donors (Lipinski definition) is 0. The highest BCUT2D eigenvalue weighted by atomic mass is 79.9. The number of amides is 1. The molecule has 0 saturated heterocycles. The van der Waals surface area contributed by atoms with Crippen LogP contribution in [-0.4, -0.2) is 23.6 Å². The molecule has 5 nitrogen and oxygen atoms in total. The summed E-state index contributed by atoms with van der Waals surface area (Å²) in [7, 11) is 1.34. The summed E-state index contributed by atoms with van der Waals surface area (Å²) in [4.78, 5) is 29.6. The van der Waals surface area contributed by atoms with E-state index >= 15 is 0 Å². The fourth-order valence-electron chi connectivity index (χ4n) is 2.19. The molecule has 2 aromatic heterocycles. The molecule has 0 fully saturated rings. The van der Waals surface area contributed by atoms with Gasteiger partial charge in [-0.15, -0.1) is 11.3 Å². The lowest BCUT2D eigenvalue weighted by atomic mass is 10.3. The van der Waals surface area contributed by atoms with Gasteiger partial charge in [-0.05, 0) is 29.6 Å².